The van der Waals surface area contributed by atoms with Crippen LogP contribution in [0, 0.1) is 9.39 Å². The minimum Gasteiger partial charge on any atom is -0.488 e. The van der Waals surface area contributed by atoms with Gasteiger partial charge >= 0.3 is 0 Å². The van der Waals surface area contributed by atoms with Crippen LogP contribution in [0.15, 0.2) is 48.5 Å². The Labute approximate surface area is 140 Å². The molecule has 21 heavy (non-hydrogen) atoms. The van der Waals surface area contributed by atoms with Crippen molar-refractivity contribution >= 4 is 45.5 Å². The van der Waals surface area contributed by atoms with Crippen molar-refractivity contribution in [3.63, 3.8) is 0 Å². The predicted octanol–water partition coefficient (Wildman–Crippen LogP) is 4.79. The van der Waals surface area contributed by atoms with Gasteiger partial charge in [0.05, 0.1) is 3.57 Å². The third-order valence-electron chi connectivity index (χ3n) is 2.65. The van der Waals surface area contributed by atoms with E-state index in [1.165, 1.54) is 18.2 Å². The van der Waals surface area contributed by atoms with Crippen LogP contribution in [0.4, 0.5) is 4.39 Å². The van der Waals surface area contributed by atoms with Gasteiger partial charge in [-0.1, -0.05) is 24.3 Å². The highest BCUT2D eigenvalue weighted by molar-refractivity contribution is 14.1. The number of ether oxygens (including phenoxy) is 1. The molecule has 2 nitrogen and oxygen atoms in total. The maximum absolute atomic E-state index is 13.1. The molecule has 5 heteroatoms. The second-order valence-electron chi connectivity index (χ2n) is 4.25. The average Bonchev–Trinajstić information content (AvgIpc) is 2.44. The summed E-state index contributed by atoms with van der Waals surface area (Å²) in [6, 6.07) is 11.8. The SMILES string of the molecule is O=C(Cl)/C=C/c1ccc(OCc2cccc(F)c2)c(I)c1. The first kappa shape index (κ1) is 16.0. The fourth-order valence-electron chi connectivity index (χ4n) is 1.69. The maximum Gasteiger partial charge on any atom is 0.245 e. The van der Waals surface area contributed by atoms with Gasteiger partial charge < -0.3 is 4.74 Å². The minimum absolute atomic E-state index is 0.281. The lowest BCUT2D eigenvalue weighted by Gasteiger charge is -2.09. The van der Waals surface area contributed by atoms with Crippen molar-refractivity contribution in [2.45, 2.75) is 6.61 Å². The number of carbonyl (C=O) groups excluding carboxylic acids is 1. The second kappa shape index (κ2) is 7.56. The van der Waals surface area contributed by atoms with Gasteiger partial charge in [0.25, 0.3) is 0 Å². The molecule has 2 rings (SSSR count). The van der Waals surface area contributed by atoms with Gasteiger partial charge in [0.15, 0.2) is 0 Å². The van der Waals surface area contributed by atoms with Crippen LogP contribution in [0.25, 0.3) is 6.08 Å². The van der Waals surface area contributed by atoms with E-state index in [0.29, 0.717) is 12.4 Å². The minimum atomic E-state index is -0.517. The van der Waals surface area contributed by atoms with Crippen molar-refractivity contribution < 1.29 is 13.9 Å². The Hall–Kier alpha value is -1.40. The van der Waals surface area contributed by atoms with Gasteiger partial charge in [-0.2, -0.15) is 0 Å². The molecule has 0 N–H and O–H groups in total. The van der Waals surface area contributed by atoms with E-state index in [-0.39, 0.29) is 5.82 Å². The molecule has 0 aromatic heterocycles. The number of rotatable bonds is 5. The first-order valence-corrected chi connectivity index (χ1v) is 7.54. The summed E-state index contributed by atoms with van der Waals surface area (Å²) in [5.41, 5.74) is 1.62. The van der Waals surface area contributed by atoms with Gasteiger partial charge in [0.2, 0.25) is 5.24 Å². The largest absolute Gasteiger partial charge is 0.488 e. The average molecular weight is 417 g/mol. The van der Waals surface area contributed by atoms with Crippen molar-refractivity contribution in [3.8, 4) is 5.75 Å². The number of hydrogen-bond acceptors (Lipinski definition) is 2. The first-order valence-electron chi connectivity index (χ1n) is 6.09. The lowest BCUT2D eigenvalue weighted by atomic mass is 10.2. The van der Waals surface area contributed by atoms with Gasteiger partial charge in [0, 0.05) is 0 Å². The van der Waals surface area contributed by atoms with E-state index in [9.17, 15) is 9.18 Å². The normalized spacial score (nSPS) is 10.8. The zero-order valence-electron chi connectivity index (χ0n) is 10.9. The highest BCUT2D eigenvalue weighted by atomic mass is 127. The summed E-state index contributed by atoms with van der Waals surface area (Å²) in [4.78, 5) is 10.7. The summed E-state index contributed by atoms with van der Waals surface area (Å²) >= 11 is 7.39. The summed E-state index contributed by atoms with van der Waals surface area (Å²) in [5, 5.41) is -0.517. The van der Waals surface area contributed by atoms with Crippen LogP contribution < -0.4 is 4.74 Å². The monoisotopic (exact) mass is 416 g/mol. The van der Waals surface area contributed by atoms with Gasteiger partial charge in [-0.05, 0) is 75.7 Å². The van der Waals surface area contributed by atoms with Crippen LogP contribution in [0.5, 0.6) is 5.75 Å². The van der Waals surface area contributed by atoms with Crippen LogP contribution >= 0.6 is 34.2 Å². The zero-order valence-corrected chi connectivity index (χ0v) is 13.8. The van der Waals surface area contributed by atoms with Crippen molar-refractivity contribution in [3.05, 3.63) is 69.1 Å². The molecule has 0 aliphatic rings. The van der Waals surface area contributed by atoms with Gasteiger partial charge in [0.1, 0.15) is 18.2 Å². The van der Waals surface area contributed by atoms with Crippen LogP contribution in [0.1, 0.15) is 11.1 Å². The van der Waals surface area contributed by atoms with E-state index < -0.39 is 5.24 Å². The molecule has 2 aromatic rings. The lowest BCUT2D eigenvalue weighted by Crippen LogP contribution is -1.97. The van der Waals surface area contributed by atoms with Crippen LogP contribution in [-0.4, -0.2) is 5.24 Å². The Morgan fingerprint density at radius 3 is 2.76 bits per heavy atom. The molecule has 0 heterocycles. The number of benzene rings is 2. The topological polar surface area (TPSA) is 26.3 Å². The number of hydrogen-bond donors (Lipinski definition) is 0. The van der Waals surface area contributed by atoms with Crippen LogP contribution in [0.3, 0.4) is 0 Å². The molecule has 0 bridgehead atoms. The summed E-state index contributed by atoms with van der Waals surface area (Å²) < 4.78 is 19.6. The molecular weight excluding hydrogens is 406 g/mol. The third-order valence-corrected chi connectivity index (χ3v) is 3.62. The molecule has 0 radical (unpaired) electrons. The van der Waals surface area contributed by atoms with Crippen molar-refractivity contribution in [2.24, 2.45) is 0 Å². The summed E-state index contributed by atoms with van der Waals surface area (Å²) in [6.45, 7) is 0.295. The van der Waals surface area contributed by atoms with E-state index in [1.54, 1.807) is 24.3 Å². The van der Waals surface area contributed by atoms with E-state index in [4.69, 9.17) is 16.3 Å². The third kappa shape index (κ3) is 5.13. The first-order chi connectivity index (χ1) is 10.0. The quantitative estimate of drug-likeness (QED) is 0.398. The smallest absolute Gasteiger partial charge is 0.245 e. The Morgan fingerprint density at radius 2 is 2.10 bits per heavy atom. The molecule has 0 amide bonds. The molecule has 0 aliphatic carbocycles. The second-order valence-corrected chi connectivity index (χ2v) is 5.78. The molecule has 0 saturated carbocycles. The number of halogens is 3. The van der Waals surface area contributed by atoms with Gasteiger partial charge in [-0.3, -0.25) is 4.79 Å². The van der Waals surface area contributed by atoms with E-state index in [0.717, 1.165) is 14.7 Å². The molecule has 0 fully saturated rings. The summed E-state index contributed by atoms with van der Waals surface area (Å²) in [7, 11) is 0. The van der Waals surface area contributed by atoms with Gasteiger partial charge in [-0.25, -0.2) is 4.39 Å². The summed E-state index contributed by atoms with van der Waals surface area (Å²) in [6.07, 6.45) is 2.92. The van der Waals surface area contributed by atoms with E-state index >= 15 is 0 Å². The highest BCUT2D eigenvalue weighted by Gasteiger charge is 2.03. The molecule has 108 valence electrons. The predicted molar refractivity (Wildman–Crippen MR) is 89.8 cm³/mol. The molecule has 0 spiro atoms. The molecule has 2 aromatic carbocycles. The van der Waals surface area contributed by atoms with Crippen molar-refractivity contribution in [2.75, 3.05) is 0 Å². The number of allylic oxidation sites excluding steroid dienone is 1. The lowest BCUT2D eigenvalue weighted by molar-refractivity contribution is -0.107. The molecule has 0 unspecified atom stereocenters. The maximum atomic E-state index is 13.1. The fraction of sp³-hybridized carbons (Fsp3) is 0.0625. The zero-order chi connectivity index (χ0) is 15.2. The standard InChI is InChI=1S/C16H11ClFIO2/c17-16(20)7-5-11-4-6-15(14(19)9-11)21-10-12-2-1-3-13(18)8-12/h1-9H,10H2/b7-5+. The molecule has 0 saturated heterocycles. The Balaban J connectivity index is 2.06. The van der Waals surface area contributed by atoms with Crippen molar-refractivity contribution in [1.82, 2.24) is 0 Å². The van der Waals surface area contributed by atoms with Gasteiger partial charge in [-0.15, -0.1) is 0 Å². The molecule has 0 aliphatic heterocycles. The molecular formula is C16H11ClFIO2. The van der Waals surface area contributed by atoms with Crippen molar-refractivity contribution in [1.29, 1.82) is 0 Å². The summed E-state index contributed by atoms with van der Waals surface area (Å²) in [5.74, 6) is 0.422. The fourth-order valence-corrected chi connectivity index (χ4v) is 2.45. The van der Waals surface area contributed by atoms with E-state index in [1.807, 2.05) is 12.1 Å². The Bertz CT molecular complexity index is 686. The van der Waals surface area contributed by atoms with Crippen LogP contribution in [-0.2, 0) is 11.4 Å². The highest BCUT2D eigenvalue weighted by Crippen LogP contribution is 2.24. The van der Waals surface area contributed by atoms with E-state index in [2.05, 4.69) is 22.6 Å². The van der Waals surface area contributed by atoms with Crippen LogP contribution in [0.2, 0.25) is 0 Å². The Morgan fingerprint density at radius 1 is 1.29 bits per heavy atom. The molecule has 0 atom stereocenters. The number of carbonyl (C=O) groups is 1. The Kier molecular flexibility index (Phi) is 5.76.